The third-order valence-electron chi connectivity index (χ3n) is 4.73. The van der Waals surface area contributed by atoms with Gasteiger partial charge in [-0.15, -0.1) is 0 Å². The van der Waals surface area contributed by atoms with Crippen molar-refractivity contribution in [1.29, 1.82) is 0 Å². The van der Waals surface area contributed by atoms with E-state index in [2.05, 4.69) is 11.8 Å². The Labute approximate surface area is 122 Å². The molecule has 2 fully saturated rings. The monoisotopic (exact) mass is 302 g/mol. The van der Waals surface area contributed by atoms with E-state index in [-0.39, 0.29) is 5.92 Å². The Kier molecular flexibility index (Phi) is 5.20. The van der Waals surface area contributed by atoms with Crippen molar-refractivity contribution in [3.05, 3.63) is 0 Å². The number of piperazine rings is 1. The van der Waals surface area contributed by atoms with Crippen molar-refractivity contribution in [3.8, 4) is 0 Å². The summed E-state index contributed by atoms with van der Waals surface area (Å²) in [5.41, 5.74) is 0. The smallest absolute Gasteiger partial charge is 0.211 e. The summed E-state index contributed by atoms with van der Waals surface area (Å²) in [5.74, 6) is 1.26. The maximum absolute atomic E-state index is 12.0. The van der Waals surface area contributed by atoms with Crippen LogP contribution in [0, 0.1) is 11.8 Å². The molecule has 2 aliphatic rings. The van der Waals surface area contributed by atoms with E-state index in [0.29, 0.717) is 24.8 Å². The molecule has 0 bridgehead atoms. The molecule has 0 aromatic carbocycles. The number of carbonyl (C=O) groups is 1. The van der Waals surface area contributed by atoms with E-state index in [9.17, 15) is 13.2 Å². The van der Waals surface area contributed by atoms with Gasteiger partial charge in [0.2, 0.25) is 10.0 Å². The Balaban J connectivity index is 1.84. The van der Waals surface area contributed by atoms with Gasteiger partial charge in [0.05, 0.1) is 6.26 Å². The van der Waals surface area contributed by atoms with Crippen LogP contribution < -0.4 is 0 Å². The first kappa shape index (κ1) is 15.9. The van der Waals surface area contributed by atoms with Crippen molar-refractivity contribution in [2.45, 2.75) is 32.6 Å². The molecule has 0 radical (unpaired) electrons. The second-order valence-electron chi connectivity index (χ2n) is 6.17. The number of carbonyl (C=O) groups excluding carboxylic acids is 1. The van der Waals surface area contributed by atoms with Gasteiger partial charge in [-0.1, -0.05) is 13.3 Å². The second-order valence-corrected chi connectivity index (χ2v) is 8.16. The third-order valence-corrected chi connectivity index (χ3v) is 6.03. The van der Waals surface area contributed by atoms with Crippen molar-refractivity contribution >= 4 is 15.8 Å². The average molecular weight is 302 g/mol. The molecule has 1 saturated heterocycles. The van der Waals surface area contributed by atoms with E-state index in [4.69, 9.17) is 0 Å². The van der Waals surface area contributed by atoms with Crippen LogP contribution in [-0.2, 0) is 14.8 Å². The maximum atomic E-state index is 12.0. The van der Waals surface area contributed by atoms with Gasteiger partial charge in [0.1, 0.15) is 5.78 Å². The van der Waals surface area contributed by atoms with Crippen LogP contribution in [0.5, 0.6) is 0 Å². The summed E-state index contributed by atoms with van der Waals surface area (Å²) < 4.78 is 24.5. The molecular weight excluding hydrogens is 276 g/mol. The van der Waals surface area contributed by atoms with Gasteiger partial charge in [0.25, 0.3) is 0 Å². The van der Waals surface area contributed by atoms with Crippen LogP contribution in [0.4, 0.5) is 0 Å². The van der Waals surface area contributed by atoms with E-state index >= 15 is 0 Å². The number of sulfonamides is 1. The van der Waals surface area contributed by atoms with Gasteiger partial charge in [0.15, 0.2) is 0 Å². The molecule has 0 aromatic heterocycles. The Morgan fingerprint density at radius 2 is 1.85 bits per heavy atom. The Morgan fingerprint density at radius 1 is 1.20 bits per heavy atom. The van der Waals surface area contributed by atoms with Gasteiger partial charge >= 0.3 is 0 Å². The van der Waals surface area contributed by atoms with E-state index in [0.717, 1.165) is 45.3 Å². The van der Waals surface area contributed by atoms with Crippen molar-refractivity contribution < 1.29 is 13.2 Å². The summed E-state index contributed by atoms with van der Waals surface area (Å²) in [6.07, 6.45) is 5.21. The fourth-order valence-electron chi connectivity index (χ4n) is 3.30. The average Bonchev–Trinajstić information content (AvgIpc) is 2.41. The van der Waals surface area contributed by atoms with Gasteiger partial charge < -0.3 is 0 Å². The molecule has 1 aliphatic carbocycles. The molecule has 6 heteroatoms. The molecule has 2 rings (SSSR count). The number of rotatable bonds is 4. The van der Waals surface area contributed by atoms with Gasteiger partial charge in [0, 0.05) is 45.1 Å². The zero-order chi connectivity index (χ0) is 14.8. The molecule has 0 spiro atoms. The molecule has 5 nitrogen and oxygen atoms in total. The lowest BCUT2D eigenvalue weighted by Crippen LogP contribution is -2.50. The maximum Gasteiger partial charge on any atom is 0.211 e. The quantitative estimate of drug-likeness (QED) is 0.776. The molecule has 20 heavy (non-hydrogen) atoms. The first-order valence-corrected chi connectivity index (χ1v) is 9.45. The van der Waals surface area contributed by atoms with Gasteiger partial charge in [-0.25, -0.2) is 8.42 Å². The fourth-order valence-corrected chi connectivity index (χ4v) is 4.13. The molecule has 1 heterocycles. The standard InChI is InChI=1S/C14H26N2O3S/c1-3-12-4-5-14(17)13(10-12)11-15-6-8-16(9-7-15)20(2,18)19/h12-13H,3-11H2,1-2H3. The molecular formula is C14H26N2O3S. The van der Waals surface area contributed by atoms with Gasteiger partial charge in [-0.2, -0.15) is 4.31 Å². The normalized spacial score (nSPS) is 30.6. The van der Waals surface area contributed by atoms with Crippen LogP contribution in [0.2, 0.25) is 0 Å². The summed E-state index contributed by atoms with van der Waals surface area (Å²) >= 11 is 0. The predicted molar refractivity (Wildman–Crippen MR) is 79.0 cm³/mol. The van der Waals surface area contributed by atoms with Crippen LogP contribution in [0.1, 0.15) is 32.6 Å². The highest BCUT2D eigenvalue weighted by Gasteiger charge is 2.31. The third kappa shape index (κ3) is 4.02. The molecule has 1 aliphatic heterocycles. The Bertz CT molecular complexity index is 441. The lowest BCUT2D eigenvalue weighted by molar-refractivity contribution is -0.126. The van der Waals surface area contributed by atoms with Crippen LogP contribution in [0.3, 0.4) is 0 Å². The van der Waals surface area contributed by atoms with Crippen LogP contribution in [0.25, 0.3) is 0 Å². The highest BCUT2D eigenvalue weighted by Crippen LogP contribution is 2.29. The first-order valence-electron chi connectivity index (χ1n) is 7.60. The fraction of sp³-hybridized carbons (Fsp3) is 0.929. The molecule has 1 saturated carbocycles. The van der Waals surface area contributed by atoms with Crippen molar-refractivity contribution in [1.82, 2.24) is 9.21 Å². The number of hydrogen-bond acceptors (Lipinski definition) is 4. The minimum atomic E-state index is -3.07. The summed E-state index contributed by atoms with van der Waals surface area (Å²) in [6.45, 7) is 5.60. The minimum Gasteiger partial charge on any atom is -0.300 e. The lowest BCUT2D eigenvalue weighted by atomic mass is 9.79. The van der Waals surface area contributed by atoms with E-state index in [1.165, 1.54) is 10.6 Å². The van der Waals surface area contributed by atoms with Crippen LogP contribution >= 0.6 is 0 Å². The molecule has 0 aromatic rings. The molecule has 0 amide bonds. The largest absolute Gasteiger partial charge is 0.300 e. The van der Waals surface area contributed by atoms with Crippen molar-refractivity contribution in [2.24, 2.45) is 11.8 Å². The van der Waals surface area contributed by atoms with Crippen LogP contribution in [-0.4, -0.2) is 62.4 Å². The summed E-state index contributed by atoms with van der Waals surface area (Å²) in [6, 6.07) is 0. The van der Waals surface area contributed by atoms with Gasteiger partial charge in [-0.3, -0.25) is 9.69 Å². The second kappa shape index (κ2) is 6.54. The summed E-state index contributed by atoms with van der Waals surface area (Å²) in [4.78, 5) is 14.3. The van der Waals surface area contributed by atoms with Crippen molar-refractivity contribution in [3.63, 3.8) is 0 Å². The van der Waals surface area contributed by atoms with Crippen LogP contribution in [0.15, 0.2) is 0 Å². The van der Waals surface area contributed by atoms with E-state index in [1.807, 2.05) is 0 Å². The number of hydrogen-bond donors (Lipinski definition) is 0. The highest BCUT2D eigenvalue weighted by molar-refractivity contribution is 7.88. The topological polar surface area (TPSA) is 57.7 Å². The number of Topliss-reactive ketones (excluding diaryl/α,β-unsaturated/α-hetero) is 1. The number of nitrogens with zero attached hydrogens (tertiary/aromatic N) is 2. The summed E-state index contributed by atoms with van der Waals surface area (Å²) in [7, 11) is -3.07. The molecule has 2 unspecified atom stereocenters. The zero-order valence-corrected chi connectivity index (χ0v) is 13.4. The van der Waals surface area contributed by atoms with E-state index in [1.54, 1.807) is 0 Å². The zero-order valence-electron chi connectivity index (χ0n) is 12.5. The SMILES string of the molecule is CCC1CCC(=O)C(CN2CCN(S(C)(=O)=O)CC2)C1. The summed E-state index contributed by atoms with van der Waals surface area (Å²) in [5, 5.41) is 0. The molecule has 0 N–H and O–H groups in total. The van der Waals surface area contributed by atoms with Gasteiger partial charge in [-0.05, 0) is 18.8 Å². The first-order chi connectivity index (χ1) is 9.40. The Morgan fingerprint density at radius 3 is 2.40 bits per heavy atom. The molecule has 2 atom stereocenters. The lowest BCUT2D eigenvalue weighted by Gasteiger charge is -2.36. The predicted octanol–water partition coefficient (Wildman–Crippen LogP) is 0.959. The highest BCUT2D eigenvalue weighted by atomic mass is 32.2. The Hall–Kier alpha value is -0.460. The van der Waals surface area contributed by atoms with E-state index < -0.39 is 10.0 Å². The number of ketones is 1. The van der Waals surface area contributed by atoms with Crippen molar-refractivity contribution in [2.75, 3.05) is 39.0 Å². The molecule has 116 valence electrons. The minimum absolute atomic E-state index is 0.165.